The first kappa shape index (κ1) is 26.6. The number of guanidine groups is 1. The molecule has 38 heavy (non-hydrogen) atoms. The van der Waals surface area contributed by atoms with E-state index in [9.17, 15) is 14.7 Å². The number of aromatic carboxylic acids is 1. The van der Waals surface area contributed by atoms with Crippen molar-refractivity contribution in [3.8, 4) is 11.3 Å². The number of piperidine rings is 2. The Morgan fingerprint density at radius 2 is 1.87 bits per heavy atom. The molecule has 0 aliphatic carbocycles. The smallest absolute Gasteiger partial charge is 0.335 e. The number of nitrogens with zero attached hydrogens (tertiary/aromatic N) is 4. The third-order valence-corrected chi connectivity index (χ3v) is 9.44. The number of hydrogen-bond acceptors (Lipinski definition) is 6. The molecular formula is C27H37N7O3S. The molecule has 0 radical (unpaired) electrons. The van der Waals surface area contributed by atoms with Gasteiger partial charge in [0.2, 0.25) is 5.91 Å². The number of hydrogen-bond donors (Lipinski definition) is 4. The Balaban J connectivity index is 1.36. The van der Waals surface area contributed by atoms with Gasteiger partial charge in [-0.05, 0) is 62.3 Å². The number of benzene rings is 1. The zero-order valence-corrected chi connectivity index (χ0v) is 22.6. The number of amides is 1. The van der Waals surface area contributed by atoms with Gasteiger partial charge in [-0.25, -0.2) is 9.78 Å². The quantitative estimate of drug-likeness (QED) is 0.249. The highest BCUT2D eigenvalue weighted by Gasteiger charge is 2.43. The highest BCUT2D eigenvalue weighted by atomic mass is 32.2. The maximum Gasteiger partial charge on any atom is 0.335 e. The maximum atomic E-state index is 13.9. The van der Waals surface area contributed by atoms with Crippen LogP contribution in [-0.2, 0) is 4.79 Å². The number of H-pyrrole nitrogens is 1. The molecule has 1 aromatic carbocycles. The van der Waals surface area contributed by atoms with Crippen molar-refractivity contribution in [3.05, 3.63) is 41.9 Å². The first-order valence-electron chi connectivity index (χ1n) is 13.4. The van der Waals surface area contributed by atoms with Crippen LogP contribution in [0.15, 0.2) is 30.5 Å². The predicted octanol–water partition coefficient (Wildman–Crippen LogP) is 3.26. The van der Waals surface area contributed by atoms with Crippen molar-refractivity contribution in [3.63, 3.8) is 0 Å². The molecule has 5 N–H and O–H groups in total. The van der Waals surface area contributed by atoms with Gasteiger partial charge < -0.3 is 25.6 Å². The number of likely N-dealkylation sites (tertiary alicyclic amines) is 2. The van der Waals surface area contributed by atoms with Gasteiger partial charge in [-0.2, -0.15) is 0 Å². The average molecular weight is 540 g/mol. The summed E-state index contributed by atoms with van der Waals surface area (Å²) < 4.78 is 2.42. The van der Waals surface area contributed by atoms with Crippen molar-refractivity contribution in [2.75, 3.05) is 39.0 Å². The van der Waals surface area contributed by atoms with E-state index in [2.05, 4.69) is 20.4 Å². The van der Waals surface area contributed by atoms with Gasteiger partial charge in [0.15, 0.2) is 5.96 Å². The van der Waals surface area contributed by atoms with Gasteiger partial charge >= 0.3 is 5.97 Å². The minimum absolute atomic E-state index is 0.0710. The molecule has 10 nitrogen and oxygen atoms in total. The third-order valence-electron chi connectivity index (χ3n) is 8.56. The zero-order chi connectivity index (χ0) is 26.8. The fraction of sp³-hybridized carbons (Fsp3) is 0.556. The summed E-state index contributed by atoms with van der Waals surface area (Å²) >= 11 is 1.81. The summed E-state index contributed by atoms with van der Waals surface area (Å²) in [5.74, 6) is 0.973. The van der Waals surface area contributed by atoms with E-state index in [0.29, 0.717) is 37.8 Å². The van der Waals surface area contributed by atoms with Crippen LogP contribution in [0.3, 0.4) is 0 Å². The molecule has 204 valence electrons. The lowest BCUT2D eigenvalue weighted by Gasteiger charge is -2.35. The van der Waals surface area contributed by atoms with Gasteiger partial charge in [-0.3, -0.25) is 14.5 Å². The van der Waals surface area contributed by atoms with Crippen LogP contribution < -0.4 is 5.73 Å². The molecule has 3 aliphatic heterocycles. The summed E-state index contributed by atoms with van der Waals surface area (Å²) in [5, 5.41) is 17.1. The summed E-state index contributed by atoms with van der Waals surface area (Å²) in [5.41, 5.74) is 7.41. The molecular weight excluding hydrogens is 502 g/mol. The van der Waals surface area contributed by atoms with Crippen molar-refractivity contribution in [2.45, 2.75) is 38.1 Å². The molecule has 1 aromatic heterocycles. The predicted molar refractivity (Wildman–Crippen MR) is 148 cm³/mol. The molecule has 1 amide bonds. The van der Waals surface area contributed by atoms with E-state index < -0.39 is 5.97 Å². The number of carboxylic acids is 1. The second kappa shape index (κ2) is 11.4. The molecule has 2 aromatic rings. The van der Waals surface area contributed by atoms with Crippen molar-refractivity contribution >= 4 is 29.8 Å². The summed E-state index contributed by atoms with van der Waals surface area (Å²) in [6, 6.07) is 6.68. The third kappa shape index (κ3) is 5.54. The number of imidazole rings is 1. The molecule has 0 spiro atoms. The SMILES string of the molecule is CSN1CCC([C@H]2C[C@@H](c3ncc(-c4cccc(C(=O)O)c4)[nH]3)N(C(=O)C3CCN(C(=N)N)CC3)C2)CC1. The Kier molecular flexibility index (Phi) is 7.94. The van der Waals surface area contributed by atoms with Crippen LogP contribution in [0.4, 0.5) is 0 Å². The number of carboxylic acid groups (broad SMARTS) is 1. The summed E-state index contributed by atoms with van der Waals surface area (Å²) in [4.78, 5) is 37.4. The Hall–Kier alpha value is -3.05. The molecule has 2 atom stereocenters. The van der Waals surface area contributed by atoms with E-state index >= 15 is 0 Å². The summed E-state index contributed by atoms with van der Waals surface area (Å²) in [6.07, 6.45) is 8.43. The minimum atomic E-state index is -0.967. The number of aromatic nitrogens is 2. The second-order valence-corrected chi connectivity index (χ2v) is 11.5. The average Bonchev–Trinajstić information content (AvgIpc) is 3.61. The van der Waals surface area contributed by atoms with Crippen LogP contribution in [0.5, 0.6) is 0 Å². The molecule has 0 bridgehead atoms. The number of carbonyl (C=O) groups excluding carboxylic acids is 1. The highest BCUT2D eigenvalue weighted by molar-refractivity contribution is 7.96. The van der Waals surface area contributed by atoms with Crippen molar-refractivity contribution in [1.82, 2.24) is 24.1 Å². The summed E-state index contributed by atoms with van der Waals surface area (Å²) in [6.45, 7) is 4.16. The largest absolute Gasteiger partial charge is 0.478 e. The lowest BCUT2D eigenvalue weighted by atomic mass is 9.83. The number of aromatic amines is 1. The Morgan fingerprint density at radius 1 is 1.13 bits per heavy atom. The molecule has 11 heteroatoms. The molecule has 5 rings (SSSR count). The molecule has 4 heterocycles. The Labute approximate surface area is 227 Å². The van der Waals surface area contributed by atoms with Gasteiger partial charge in [-0.15, -0.1) is 0 Å². The van der Waals surface area contributed by atoms with Crippen LogP contribution in [0.1, 0.15) is 54.3 Å². The molecule has 3 fully saturated rings. The van der Waals surface area contributed by atoms with E-state index in [1.807, 2.05) is 11.0 Å². The van der Waals surface area contributed by atoms with E-state index in [4.69, 9.17) is 16.1 Å². The van der Waals surface area contributed by atoms with Crippen molar-refractivity contribution in [1.29, 1.82) is 5.41 Å². The number of rotatable bonds is 6. The minimum Gasteiger partial charge on any atom is -0.478 e. The standard InChI is InChI=1S/C27H37N7O3S/c1-38-33-11-7-17(8-12-33)21-14-23(34(16-21)25(35)18-5-9-32(10-6-18)27(28)29)24-30-15-22(31-24)19-3-2-4-20(13-19)26(36)37/h2-4,13,15,17-18,21,23H,5-12,14,16H2,1H3,(H3,28,29)(H,30,31)(H,36,37)/t21-,23-/m0/s1. The van der Waals surface area contributed by atoms with Crippen molar-refractivity contribution in [2.24, 2.45) is 23.5 Å². The molecule has 0 saturated carbocycles. The first-order chi connectivity index (χ1) is 18.3. The first-order valence-corrected chi connectivity index (χ1v) is 14.6. The van der Waals surface area contributed by atoms with E-state index in [0.717, 1.165) is 56.0 Å². The van der Waals surface area contributed by atoms with E-state index in [1.165, 1.54) is 0 Å². The monoisotopic (exact) mass is 539 g/mol. The van der Waals surface area contributed by atoms with Gasteiger partial charge in [0, 0.05) is 44.2 Å². The second-order valence-electron chi connectivity index (χ2n) is 10.7. The van der Waals surface area contributed by atoms with Gasteiger partial charge in [0.25, 0.3) is 0 Å². The van der Waals surface area contributed by atoms with E-state index in [1.54, 1.807) is 36.3 Å². The van der Waals surface area contributed by atoms with Gasteiger partial charge in [-0.1, -0.05) is 24.1 Å². The summed E-state index contributed by atoms with van der Waals surface area (Å²) in [7, 11) is 0. The van der Waals surface area contributed by atoms with Crippen LogP contribution in [-0.4, -0.2) is 86.0 Å². The normalized spacial score (nSPS) is 23.6. The lowest BCUT2D eigenvalue weighted by molar-refractivity contribution is -0.138. The van der Waals surface area contributed by atoms with E-state index in [-0.39, 0.29) is 29.4 Å². The van der Waals surface area contributed by atoms with Crippen LogP contribution in [0.25, 0.3) is 11.3 Å². The van der Waals surface area contributed by atoms with Gasteiger partial charge in [0.1, 0.15) is 5.82 Å². The topological polar surface area (TPSA) is 143 Å². The lowest BCUT2D eigenvalue weighted by Crippen LogP contribution is -2.46. The zero-order valence-electron chi connectivity index (χ0n) is 21.8. The van der Waals surface area contributed by atoms with Crippen LogP contribution >= 0.6 is 11.9 Å². The van der Waals surface area contributed by atoms with Crippen LogP contribution in [0.2, 0.25) is 0 Å². The molecule has 3 saturated heterocycles. The molecule has 3 aliphatic rings. The van der Waals surface area contributed by atoms with Gasteiger partial charge in [0.05, 0.1) is 23.5 Å². The fourth-order valence-corrected chi connectivity index (χ4v) is 6.89. The van der Waals surface area contributed by atoms with Crippen molar-refractivity contribution < 1.29 is 14.7 Å². The number of carbonyl (C=O) groups is 2. The molecule has 0 unspecified atom stereocenters. The highest BCUT2D eigenvalue weighted by Crippen LogP contribution is 2.43. The fourth-order valence-electron chi connectivity index (χ4n) is 6.32. The Bertz CT molecular complexity index is 1170. The Morgan fingerprint density at radius 3 is 2.53 bits per heavy atom. The maximum absolute atomic E-state index is 13.9. The van der Waals surface area contributed by atoms with Crippen LogP contribution in [0, 0.1) is 23.2 Å². The number of nitrogens with two attached hydrogens (primary N) is 1. The number of nitrogens with one attached hydrogen (secondary N) is 2.